The second kappa shape index (κ2) is 9.00. The van der Waals surface area contributed by atoms with Gasteiger partial charge in [-0.05, 0) is 23.5 Å². The van der Waals surface area contributed by atoms with Gasteiger partial charge in [-0.1, -0.05) is 44.0 Å². The predicted molar refractivity (Wildman–Crippen MR) is 94.1 cm³/mol. The first-order valence-corrected chi connectivity index (χ1v) is 8.74. The number of hydroxylamine groups is 2. The third kappa shape index (κ3) is 6.31. The molecule has 1 aliphatic rings. The summed E-state index contributed by atoms with van der Waals surface area (Å²) in [6.45, 7) is 9.03. The Morgan fingerprint density at radius 3 is 2.65 bits per heavy atom. The maximum absolute atomic E-state index is 11.4. The van der Waals surface area contributed by atoms with Crippen LogP contribution in [0.2, 0.25) is 0 Å². The molecule has 7 heteroatoms. The molecule has 0 amide bonds. The maximum atomic E-state index is 11.4. The summed E-state index contributed by atoms with van der Waals surface area (Å²) in [4.78, 5) is 31.6. The minimum atomic E-state index is -0.751. The van der Waals surface area contributed by atoms with Gasteiger partial charge in [0.2, 0.25) is 0 Å². The third-order valence-corrected chi connectivity index (χ3v) is 4.05. The third-order valence-electron chi connectivity index (χ3n) is 4.05. The zero-order valence-corrected chi connectivity index (χ0v) is 15.8. The molecule has 0 bridgehead atoms. The lowest BCUT2D eigenvalue weighted by atomic mass is 9.86. The lowest BCUT2D eigenvalue weighted by molar-refractivity contribution is -0.393. The van der Waals surface area contributed by atoms with Crippen molar-refractivity contribution in [3.63, 3.8) is 0 Å². The number of para-hydroxylation sites is 1. The van der Waals surface area contributed by atoms with E-state index in [1.165, 1.54) is 12.5 Å². The van der Waals surface area contributed by atoms with Gasteiger partial charge in [0.1, 0.15) is 5.75 Å². The topological polar surface area (TPSA) is 74.3 Å². The first-order valence-electron chi connectivity index (χ1n) is 8.74. The number of nitrogens with zero attached hydrogens (tertiary/aromatic N) is 1. The van der Waals surface area contributed by atoms with Crippen LogP contribution in [0.25, 0.3) is 0 Å². The number of hydrogen-bond acceptors (Lipinski definition) is 7. The quantitative estimate of drug-likeness (QED) is 0.418. The van der Waals surface area contributed by atoms with E-state index in [1.807, 2.05) is 18.2 Å². The van der Waals surface area contributed by atoms with Crippen molar-refractivity contribution in [2.45, 2.75) is 39.5 Å². The van der Waals surface area contributed by atoms with Crippen LogP contribution in [0.3, 0.4) is 0 Å². The van der Waals surface area contributed by atoms with Gasteiger partial charge >= 0.3 is 11.9 Å². The Labute approximate surface area is 154 Å². The van der Waals surface area contributed by atoms with Crippen LogP contribution in [-0.4, -0.2) is 43.3 Å². The predicted octanol–water partition coefficient (Wildman–Crippen LogP) is 2.64. The second-order valence-electron chi connectivity index (χ2n) is 7.41. The van der Waals surface area contributed by atoms with E-state index in [0.29, 0.717) is 19.7 Å². The van der Waals surface area contributed by atoms with E-state index in [2.05, 4.69) is 36.5 Å². The summed E-state index contributed by atoms with van der Waals surface area (Å²) in [6.07, 6.45) is 0.874. The zero-order chi connectivity index (χ0) is 19.2. The summed E-state index contributed by atoms with van der Waals surface area (Å²) in [5, 5.41) is 1.56. The van der Waals surface area contributed by atoms with Gasteiger partial charge in [-0.25, -0.2) is 4.79 Å². The van der Waals surface area contributed by atoms with Crippen LogP contribution in [0.4, 0.5) is 0 Å². The van der Waals surface area contributed by atoms with Gasteiger partial charge in [0.15, 0.2) is 6.61 Å². The number of ether oxygens (including phenoxy) is 2. The van der Waals surface area contributed by atoms with Crippen LogP contribution >= 0.6 is 0 Å². The van der Waals surface area contributed by atoms with Crippen molar-refractivity contribution in [2.24, 2.45) is 5.92 Å². The van der Waals surface area contributed by atoms with E-state index < -0.39 is 18.5 Å². The fourth-order valence-electron chi connectivity index (χ4n) is 2.70. The average Bonchev–Trinajstić information content (AvgIpc) is 3.03. The van der Waals surface area contributed by atoms with Crippen molar-refractivity contribution >= 4 is 11.9 Å². The molecule has 0 radical (unpaired) electrons. The number of esters is 1. The molecule has 1 saturated heterocycles. The van der Waals surface area contributed by atoms with Crippen LogP contribution in [0.15, 0.2) is 24.3 Å². The number of hydrogen-bond donors (Lipinski definition) is 0. The Kier molecular flexibility index (Phi) is 6.99. The largest absolute Gasteiger partial charge is 0.493 e. The number of carbonyl (C=O) groups excluding carboxylic acids is 2. The first-order chi connectivity index (χ1) is 12.3. The molecule has 26 heavy (non-hydrogen) atoms. The molecular formula is C19H27NO6. The molecule has 1 aromatic carbocycles. The summed E-state index contributed by atoms with van der Waals surface area (Å²) < 4.78 is 10.6. The molecule has 144 valence electrons. The highest BCUT2D eigenvalue weighted by atomic mass is 17.3. The molecule has 1 aliphatic heterocycles. The maximum Gasteiger partial charge on any atom is 0.381 e. The van der Waals surface area contributed by atoms with Gasteiger partial charge in [-0.15, -0.1) is 5.06 Å². The minimum absolute atomic E-state index is 0.0115. The Balaban J connectivity index is 1.75. The van der Waals surface area contributed by atoms with Crippen molar-refractivity contribution in [1.29, 1.82) is 0 Å². The molecule has 1 atom stereocenters. The van der Waals surface area contributed by atoms with E-state index in [0.717, 1.165) is 12.2 Å². The van der Waals surface area contributed by atoms with Crippen LogP contribution in [0.5, 0.6) is 5.75 Å². The van der Waals surface area contributed by atoms with Crippen molar-refractivity contribution in [2.75, 3.05) is 26.3 Å². The van der Waals surface area contributed by atoms with E-state index in [-0.39, 0.29) is 11.3 Å². The van der Waals surface area contributed by atoms with Gasteiger partial charge in [0.25, 0.3) is 0 Å². The van der Waals surface area contributed by atoms with Gasteiger partial charge in [0.05, 0.1) is 6.61 Å². The fraction of sp³-hybridized carbons (Fsp3) is 0.579. The first kappa shape index (κ1) is 20.2. The number of benzene rings is 1. The van der Waals surface area contributed by atoms with Crippen LogP contribution in [-0.2, 0) is 29.6 Å². The smallest absolute Gasteiger partial charge is 0.381 e. The molecule has 0 spiro atoms. The zero-order valence-electron chi connectivity index (χ0n) is 15.8. The number of rotatable bonds is 7. The monoisotopic (exact) mass is 365 g/mol. The van der Waals surface area contributed by atoms with Crippen LogP contribution in [0.1, 0.15) is 39.7 Å². The van der Waals surface area contributed by atoms with Gasteiger partial charge in [-0.2, -0.15) is 0 Å². The fourth-order valence-corrected chi connectivity index (χ4v) is 2.70. The average molecular weight is 365 g/mol. The summed E-state index contributed by atoms with van der Waals surface area (Å²) in [6, 6.07) is 8.06. The van der Waals surface area contributed by atoms with Crippen molar-refractivity contribution < 1.29 is 28.9 Å². The van der Waals surface area contributed by atoms with Crippen molar-refractivity contribution in [3.05, 3.63) is 29.8 Å². The van der Waals surface area contributed by atoms with E-state index >= 15 is 0 Å². The highest BCUT2D eigenvalue weighted by Gasteiger charge is 2.26. The highest BCUT2D eigenvalue weighted by molar-refractivity contribution is 5.74. The van der Waals surface area contributed by atoms with Crippen LogP contribution in [0, 0.1) is 5.92 Å². The molecule has 1 unspecified atom stereocenters. The molecule has 1 fully saturated rings. The molecular weight excluding hydrogens is 338 g/mol. The Bertz CT molecular complexity index is 625. The minimum Gasteiger partial charge on any atom is -0.493 e. The van der Waals surface area contributed by atoms with E-state index in [1.54, 1.807) is 5.06 Å². The lowest BCUT2D eigenvalue weighted by Crippen LogP contribution is -2.26. The second-order valence-corrected chi connectivity index (χ2v) is 7.41. The summed E-state index contributed by atoms with van der Waals surface area (Å²) in [5.41, 5.74) is 1.18. The van der Waals surface area contributed by atoms with Gasteiger partial charge < -0.3 is 9.47 Å². The van der Waals surface area contributed by atoms with Crippen molar-refractivity contribution in [1.82, 2.24) is 5.06 Å². The molecule has 7 nitrogen and oxygen atoms in total. The Morgan fingerprint density at radius 1 is 1.23 bits per heavy atom. The molecule has 0 aromatic heterocycles. The molecule has 0 saturated carbocycles. The highest BCUT2D eigenvalue weighted by Crippen LogP contribution is 2.31. The van der Waals surface area contributed by atoms with Gasteiger partial charge in [0, 0.05) is 25.9 Å². The standard InChI is InChI=1S/C19H27NO6/c1-14(21)23-13-18(22)25-26-20-10-9-15(11-20)12-24-17-8-6-5-7-16(17)19(2,3)4/h5-8,15H,9-13H2,1-4H3. The molecule has 0 aliphatic carbocycles. The van der Waals surface area contributed by atoms with E-state index in [9.17, 15) is 9.59 Å². The summed E-state index contributed by atoms with van der Waals surface area (Å²) in [7, 11) is 0. The van der Waals surface area contributed by atoms with Gasteiger partial charge in [-0.3, -0.25) is 9.68 Å². The molecule has 2 rings (SSSR count). The number of carbonyl (C=O) groups is 2. The summed E-state index contributed by atoms with van der Waals surface area (Å²) >= 11 is 0. The normalized spacial score (nSPS) is 17.8. The van der Waals surface area contributed by atoms with Crippen molar-refractivity contribution in [3.8, 4) is 5.75 Å². The lowest BCUT2D eigenvalue weighted by Gasteiger charge is -2.23. The molecule has 1 aromatic rings. The van der Waals surface area contributed by atoms with Crippen LogP contribution < -0.4 is 4.74 Å². The SMILES string of the molecule is CC(=O)OCC(=O)OON1CCC(COc2ccccc2C(C)(C)C)C1. The molecule has 1 heterocycles. The Morgan fingerprint density at radius 2 is 1.96 bits per heavy atom. The summed E-state index contributed by atoms with van der Waals surface area (Å²) in [5.74, 6) is -0.128. The van der Waals surface area contributed by atoms with E-state index in [4.69, 9.17) is 9.73 Å². The molecule has 0 N–H and O–H groups in total. The Hall–Kier alpha value is -2.12.